The van der Waals surface area contributed by atoms with Crippen LogP contribution in [0.25, 0.3) is 6.08 Å². The van der Waals surface area contributed by atoms with Crippen LogP contribution in [-0.2, 0) is 28.9 Å². The lowest BCUT2D eigenvalue weighted by Gasteiger charge is -2.23. The summed E-state index contributed by atoms with van der Waals surface area (Å²) in [4.78, 5) is 25.5. The molecule has 0 saturated carbocycles. The van der Waals surface area contributed by atoms with Crippen molar-refractivity contribution in [3.8, 4) is 11.5 Å². The van der Waals surface area contributed by atoms with E-state index in [-0.39, 0.29) is 29.9 Å². The molecule has 0 aromatic heterocycles. The number of Topliss-reactive ketones (excluding diaryl/α,β-unsaturated/α-hetero) is 1. The van der Waals surface area contributed by atoms with Crippen LogP contribution in [-0.4, -0.2) is 43.5 Å². The molecule has 266 valence electrons. The average molecular weight is 678 g/mol. The largest absolute Gasteiger partial charge is 0.504 e. The number of dihydropyridines is 1. The summed E-state index contributed by atoms with van der Waals surface area (Å²) in [5.74, 6) is 0.682. The molecule has 0 amide bonds. The summed E-state index contributed by atoms with van der Waals surface area (Å²) in [6.45, 7) is 5.19. The number of phenolic OH excluding ortho intramolecular Hbond substituents is 1. The molecule has 5 N–H and O–H groups in total. The van der Waals surface area contributed by atoms with Crippen LogP contribution in [0, 0.1) is 19.8 Å². The lowest BCUT2D eigenvalue weighted by molar-refractivity contribution is -0.124. The first-order valence-electron chi connectivity index (χ1n) is 17.9. The smallest absolute Gasteiger partial charge is 0.163 e. The maximum absolute atomic E-state index is 12.8. The molecular weight excluding hydrogens is 622 g/mol. The molecule has 1 aliphatic heterocycles. The number of rotatable bonds is 20. The van der Waals surface area contributed by atoms with Gasteiger partial charge in [-0.2, -0.15) is 0 Å². The zero-order valence-electron chi connectivity index (χ0n) is 30.3. The Kier molecular flexibility index (Phi) is 15.1. The van der Waals surface area contributed by atoms with Crippen LogP contribution >= 0.6 is 0 Å². The van der Waals surface area contributed by atoms with Crippen molar-refractivity contribution < 1.29 is 19.4 Å². The molecule has 2 atom stereocenters. The van der Waals surface area contributed by atoms with Gasteiger partial charge in [0.05, 0.1) is 19.7 Å². The number of ketones is 2. The van der Waals surface area contributed by atoms with E-state index < -0.39 is 0 Å². The van der Waals surface area contributed by atoms with Crippen LogP contribution in [0.5, 0.6) is 11.5 Å². The molecule has 0 aliphatic carbocycles. The molecule has 0 bridgehead atoms. The van der Waals surface area contributed by atoms with E-state index in [1.54, 1.807) is 18.2 Å². The number of unbranched alkanes of at least 4 members (excludes halogenated alkanes) is 2. The third kappa shape index (κ3) is 12.5. The highest BCUT2D eigenvalue weighted by atomic mass is 16.5. The predicted octanol–water partition coefficient (Wildman–Crippen LogP) is 7.46. The maximum Gasteiger partial charge on any atom is 0.163 e. The number of aryl methyl sites for hydroxylation is 3. The van der Waals surface area contributed by atoms with Crippen molar-refractivity contribution in [2.24, 2.45) is 11.7 Å². The third-order valence-corrected chi connectivity index (χ3v) is 9.31. The number of carbonyl (C=O) groups excluding carboxylic acids is 2. The Morgan fingerprint density at radius 2 is 1.74 bits per heavy atom. The van der Waals surface area contributed by atoms with Crippen LogP contribution in [0.3, 0.4) is 0 Å². The highest BCUT2D eigenvalue weighted by Crippen LogP contribution is 2.32. The van der Waals surface area contributed by atoms with Crippen molar-refractivity contribution in [3.05, 3.63) is 124 Å². The normalized spacial score (nSPS) is 14.9. The Morgan fingerprint density at radius 1 is 0.980 bits per heavy atom. The van der Waals surface area contributed by atoms with E-state index in [4.69, 9.17) is 10.5 Å². The lowest BCUT2D eigenvalue weighted by Crippen LogP contribution is -2.38. The van der Waals surface area contributed by atoms with Crippen molar-refractivity contribution in [2.75, 3.05) is 20.7 Å². The number of allylic oxidation sites excluding steroid dienone is 3. The number of hydrogen-bond acceptors (Lipinski definition) is 7. The van der Waals surface area contributed by atoms with E-state index in [2.05, 4.69) is 79.1 Å². The number of ether oxygens (including phenoxy) is 1. The second kappa shape index (κ2) is 19.7. The Bertz CT molecular complexity index is 1650. The molecule has 7 nitrogen and oxygen atoms in total. The minimum absolute atomic E-state index is 0.0233. The Labute approximate surface area is 298 Å². The van der Waals surface area contributed by atoms with E-state index in [9.17, 15) is 14.7 Å². The molecular formula is C43H55N3O4. The van der Waals surface area contributed by atoms with Gasteiger partial charge in [0, 0.05) is 12.6 Å². The van der Waals surface area contributed by atoms with Gasteiger partial charge in [0.25, 0.3) is 0 Å². The van der Waals surface area contributed by atoms with E-state index in [1.807, 2.05) is 13.2 Å². The van der Waals surface area contributed by atoms with Gasteiger partial charge in [0.2, 0.25) is 0 Å². The molecule has 3 aromatic carbocycles. The summed E-state index contributed by atoms with van der Waals surface area (Å²) >= 11 is 0. The molecule has 4 rings (SSSR count). The molecule has 1 aliphatic rings. The Balaban J connectivity index is 1.29. The van der Waals surface area contributed by atoms with E-state index >= 15 is 0 Å². The fourth-order valence-electron chi connectivity index (χ4n) is 6.77. The minimum atomic E-state index is -0.293. The van der Waals surface area contributed by atoms with Gasteiger partial charge in [0.1, 0.15) is 5.78 Å². The standard InChI is InChI=1S/C43H55N3O4/c1-30-19-31(2)21-34(20-30)22-38-24-35(29-46-43(38)44)23-37-25-41(49)42(50-4)26-36(37)17-18-40(48)27-39(47)14-10-6-9-13-33(28-45-3)16-15-32-11-7-5-8-12-32/h5,7-8,11-12,17-21,24-26,29,33,43,45-46,49H,6,9-10,13-16,22-23,27-28,44H2,1-4H3/b18-17+/t33-,43?/m1/s1. The number of hydrogen-bond donors (Lipinski definition) is 4. The zero-order chi connectivity index (χ0) is 35.9. The van der Waals surface area contributed by atoms with E-state index in [1.165, 1.54) is 35.4 Å². The monoisotopic (exact) mass is 677 g/mol. The number of phenols is 1. The predicted molar refractivity (Wildman–Crippen MR) is 204 cm³/mol. The van der Waals surface area contributed by atoms with Crippen molar-refractivity contribution in [1.82, 2.24) is 10.6 Å². The molecule has 1 heterocycles. The zero-order valence-corrected chi connectivity index (χ0v) is 30.3. The van der Waals surface area contributed by atoms with Crippen molar-refractivity contribution in [3.63, 3.8) is 0 Å². The maximum atomic E-state index is 12.8. The topological polar surface area (TPSA) is 114 Å². The first-order chi connectivity index (χ1) is 24.1. The Morgan fingerprint density at radius 3 is 2.46 bits per heavy atom. The number of methoxy groups -OCH3 is 1. The third-order valence-electron chi connectivity index (χ3n) is 9.31. The fraction of sp³-hybridized carbons (Fsp3) is 0.395. The van der Waals surface area contributed by atoms with Gasteiger partial charge in [0.15, 0.2) is 17.3 Å². The summed E-state index contributed by atoms with van der Waals surface area (Å²) in [6, 6.07) is 20.5. The van der Waals surface area contributed by atoms with Crippen molar-refractivity contribution in [2.45, 2.75) is 84.2 Å². The van der Waals surface area contributed by atoms with Gasteiger partial charge in [-0.25, -0.2) is 0 Å². The summed E-state index contributed by atoms with van der Waals surface area (Å²) in [5, 5.41) is 17.2. The summed E-state index contributed by atoms with van der Waals surface area (Å²) in [6.07, 6.45) is 14.6. The molecule has 7 heteroatoms. The first-order valence-corrected chi connectivity index (χ1v) is 17.9. The highest BCUT2D eigenvalue weighted by Gasteiger charge is 2.17. The number of benzene rings is 3. The van der Waals surface area contributed by atoms with Gasteiger partial charge >= 0.3 is 0 Å². The number of carbonyl (C=O) groups is 2. The molecule has 0 spiro atoms. The van der Waals surface area contributed by atoms with Gasteiger partial charge in [-0.1, -0.05) is 84.7 Å². The van der Waals surface area contributed by atoms with Crippen LogP contribution in [0.4, 0.5) is 0 Å². The number of aromatic hydroxyl groups is 1. The summed E-state index contributed by atoms with van der Waals surface area (Å²) < 4.78 is 5.36. The second-order valence-corrected chi connectivity index (χ2v) is 13.7. The molecule has 0 radical (unpaired) electrons. The molecule has 0 fully saturated rings. The average Bonchev–Trinajstić information content (AvgIpc) is 3.08. The van der Waals surface area contributed by atoms with Gasteiger partial charge in [-0.05, 0) is 123 Å². The summed E-state index contributed by atoms with van der Waals surface area (Å²) in [7, 11) is 3.50. The Hall–Kier alpha value is -4.46. The first kappa shape index (κ1) is 38.3. The van der Waals surface area contributed by atoms with Crippen LogP contribution in [0.15, 0.2) is 90.2 Å². The second-order valence-electron chi connectivity index (χ2n) is 13.7. The fourth-order valence-corrected chi connectivity index (χ4v) is 6.77. The van der Waals surface area contributed by atoms with Gasteiger partial charge in [-0.15, -0.1) is 0 Å². The molecule has 3 aromatic rings. The van der Waals surface area contributed by atoms with Crippen molar-refractivity contribution >= 4 is 17.6 Å². The van der Waals surface area contributed by atoms with Crippen LogP contribution in [0.1, 0.15) is 78.3 Å². The van der Waals surface area contributed by atoms with Gasteiger partial charge < -0.3 is 26.2 Å². The lowest BCUT2D eigenvalue weighted by atomic mass is 9.92. The summed E-state index contributed by atoms with van der Waals surface area (Å²) in [5.41, 5.74) is 15.1. The molecule has 50 heavy (non-hydrogen) atoms. The van der Waals surface area contributed by atoms with Crippen LogP contribution < -0.4 is 21.1 Å². The van der Waals surface area contributed by atoms with Crippen molar-refractivity contribution in [1.29, 1.82) is 0 Å². The van der Waals surface area contributed by atoms with E-state index in [0.29, 0.717) is 24.5 Å². The number of nitrogens with two attached hydrogens (primary N) is 1. The SMILES string of the molecule is CNC[C@H](CCCCCC(=O)CC(=O)/C=C/c1cc(OC)c(O)cc1CC1=CNC(N)C(Cc2cc(C)cc(C)c2)=C1)CCc1ccccc1. The minimum Gasteiger partial charge on any atom is -0.504 e. The highest BCUT2D eigenvalue weighted by molar-refractivity contribution is 6.06. The molecule has 0 saturated heterocycles. The van der Waals surface area contributed by atoms with E-state index in [0.717, 1.165) is 73.8 Å². The van der Waals surface area contributed by atoms with Gasteiger partial charge in [-0.3, -0.25) is 9.59 Å². The number of nitrogens with one attached hydrogen (secondary N) is 2. The quantitative estimate of drug-likeness (QED) is 0.0558. The van der Waals surface area contributed by atoms with Crippen LogP contribution in [0.2, 0.25) is 0 Å². The molecule has 1 unspecified atom stereocenters.